The predicted molar refractivity (Wildman–Crippen MR) is 57.3 cm³/mol. The lowest BCUT2D eigenvalue weighted by Gasteiger charge is -2.10. The van der Waals surface area contributed by atoms with E-state index in [4.69, 9.17) is 0 Å². The molecule has 0 aliphatic carbocycles. The Morgan fingerprint density at radius 3 is 2.50 bits per heavy atom. The lowest BCUT2D eigenvalue weighted by molar-refractivity contribution is -0.128. The van der Waals surface area contributed by atoms with E-state index in [9.17, 15) is 4.79 Å². The molecule has 1 rings (SSSR count). The van der Waals surface area contributed by atoms with Gasteiger partial charge in [0, 0.05) is 32.4 Å². The van der Waals surface area contributed by atoms with Crippen molar-refractivity contribution in [1.29, 1.82) is 0 Å². The van der Waals surface area contributed by atoms with Crippen LogP contribution in [0.4, 0.5) is 0 Å². The molecule has 3 nitrogen and oxygen atoms in total. The Balaban J connectivity index is 2.58. The van der Waals surface area contributed by atoms with Gasteiger partial charge in [-0.25, -0.2) is 0 Å². The molecule has 1 aromatic rings. The molecule has 3 heteroatoms. The highest BCUT2D eigenvalue weighted by molar-refractivity contribution is 5.75. The van der Waals surface area contributed by atoms with Crippen molar-refractivity contribution in [2.24, 2.45) is 0 Å². The highest BCUT2D eigenvalue weighted by Crippen LogP contribution is 2.14. The van der Waals surface area contributed by atoms with E-state index in [1.54, 1.807) is 19.0 Å². The summed E-state index contributed by atoms with van der Waals surface area (Å²) in [5.41, 5.74) is 3.70. The zero-order valence-corrected chi connectivity index (χ0v) is 9.35. The van der Waals surface area contributed by atoms with E-state index in [1.165, 1.54) is 16.8 Å². The van der Waals surface area contributed by atoms with E-state index >= 15 is 0 Å². The van der Waals surface area contributed by atoms with E-state index in [1.807, 2.05) is 13.1 Å². The fraction of sp³-hybridized carbons (Fsp3) is 0.545. The average Bonchev–Trinajstić information content (AvgIpc) is 2.43. The van der Waals surface area contributed by atoms with Crippen molar-refractivity contribution in [2.45, 2.75) is 26.7 Å². The van der Waals surface area contributed by atoms with Crippen LogP contribution in [0.2, 0.25) is 0 Å². The van der Waals surface area contributed by atoms with Gasteiger partial charge in [-0.2, -0.15) is 0 Å². The van der Waals surface area contributed by atoms with Crippen LogP contribution in [-0.2, 0) is 11.2 Å². The van der Waals surface area contributed by atoms with Crippen molar-refractivity contribution in [3.63, 3.8) is 0 Å². The highest BCUT2D eigenvalue weighted by atomic mass is 16.2. The number of amides is 1. The number of nitrogens with one attached hydrogen (secondary N) is 1. The van der Waals surface area contributed by atoms with Gasteiger partial charge < -0.3 is 9.88 Å². The lowest BCUT2D eigenvalue weighted by Crippen LogP contribution is -2.21. The number of hydrogen-bond donors (Lipinski definition) is 1. The maximum atomic E-state index is 11.4. The number of aromatic amines is 1. The van der Waals surface area contributed by atoms with Crippen LogP contribution in [0.1, 0.15) is 23.2 Å². The van der Waals surface area contributed by atoms with Gasteiger partial charge in [-0.15, -0.1) is 0 Å². The van der Waals surface area contributed by atoms with Crippen LogP contribution >= 0.6 is 0 Å². The summed E-state index contributed by atoms with van der Waals surface area (Å²) in [5.74, 6) is 0.185. The second kappa shape index (κ2) is 4.31. The predicted octanol–water partition coefficient (Wildman–Crippen LogP) is 1.65. The molecule has 0 aromatic carbocycles. The zero-order chi connectivity index (χ0) is 10.7. The molecule has 0 spiro atoms. The summed E-state index contributed by atoms with van der Waals surface area (Å²) >= 11 is 0. The van der Waals surface area contributed by atoms with Gasteiger partial charge in [-0.3, -0.25) is 4.79 Å². The monoisotopic (exact) mass is 194 g/mol. The Hall–Kier alpha value is -1.25. The third-order valence-corrected chi connectivity index (χ3v) is 2.52. The highest BCUT2D eigenvalue weighted by Gasteiger charge is 2.08. The SMILES string of the molecule is Cc1c[nH]c(C)c1CCC(=O)N(C)C. The summed E-state index contributed by atoms with van der Waals surface area (Å²) in [7, 11) is 3.58. The number of rotatable bonds is 3. The van der Waals surface area contributed by atoms with Crippen LogP contribution in [0, 0.1) is 13.8 Å². The summed E-state index contributed by atoms with van der Waals surface area (Å²) in [5, 5.41) is 0. The fourth-order valence-electron chi connectivity index (χ4n) is 1.53. The molecular formula is C11H18N2O. The number of H-pyrrole nitrogens is 1. The fourth-order valence-corrected chi connectivity index (χ4v) is 1.53. The Labute approximate surface area is 85.1 Å². The first-order chi connectivity index (χ1) is 6.52. The van der Waals surface area contributed by atoms with Gasteiger partial charge in [-0.1, -0.05) is 0 Å². The van der Waals surface area contributed by atoms with Gasteiger partial charge in [0.2, 0.25) is 5.91 Å². The maximum Gasteiger partial charge on any atom is 0.222 e. The molecule has 1 amide bonds. The minimum Gasteiger partial charge on any atom is -0.365 e. The molecule has 0 aliphatic rings. The third-order valence-electron chi connectivity index (χ3n) is 2.52. The number of carbonyl (C=O) groups excluding carboxylic acids is 1. The molecule has 0 saturated heterocycles. The summed E-state index contributed by atoms with van der Waals surface area (Å²) < 4.78 is 0. The van der Waals surface area contributed by atoms with Gasteiger partial charge in [0.15, 0.2) is 0 Å². The second-order valence-corrected chi connectivity index (χ2v) is 3.86. The van der Waals surface area contributed by atoms with Gasteiger partial charge in [0.1, 0.15) is 0 Å². The van der Waals surface area contributed by atoms with Gasteiger partial charge >= 0.3 is 0 Å². The molecular weight excluding hydrogens is 176 g/mol. The number of hydrogen-bond acceptors (Lipinski definition) is 1. The van der Waals surface area contributed by atoms with Gasteiger partial charge in [0.25, 0.3) is 0 Å². The quantitative estimate of drug-likeness (QED) is 0.780. The first kappa shape index (κ1) is 10.8. The molecule has 0 fully saturated rings. The van der Waals surface area contributed by atoms with Crippen molar-refractivity contribution in [3.8, 4) is 0 Å². The summed E-state index contributed by atoms with van der Waals surface area (Å²) in [6.07, 6.45) is 3.41. The molecule has 0 aliphatic heterocycles. The molecule has 1 aromatic heterocycles. The first-order valence-electron chi connectivity index (χ1n) is 4.86. The van der Waals surface area contributed by atoms with Crippen molar-refractivity contribution >= 4 is 5.91 Å². The topological polar surface area (TPSA) is 36.1 Å². The van der Waals surface area contributed by atoms with Crippen LogP contribution < -0.4 is 0 Å². The summed E-state index contributed by atoms with van der Waals surface area (Å²) in [6, 6.07) is 0. The molecule has 0 saturated carbocycles. The van der Waals surface area contributed by atoms with E-state index in [0.717, 1.165) is 6.42 Å². The average molecular weight is 194 g/mol. The maximum absolute atomic E-state index is 11.4. The first-order valence-corrected chi connectivity index (χ1v) is 4.86. The minimum absolute atomic E-state index is 0.185. The Kier molecular flexibility index (Phi) is 3.33. The standard InChI is InChI=1S/C11H18N2O/c1-8-7-12-9(2)10(8)5-6-11(14)13(3)4/h7,12H,5-6H2,1-4H3. The molecule has 1 heterocycles. The van der Waals surface area contributed by atoms with Gasteiger partial charge in [-0.05, 0) is 31.4 Å². The van der Waals surface area contributed by atoms with Crippen molar-refractivity contribution in [1.82, 2.24) is 9.88 Å². The molecule has 78 valence electrons. The number of aromatic nitrogens is 1. The Bertz CT molecular complexity index is 307. The third kappa shape index (κ3) is 2.37. The summed E-state index contributed by atoms with van der Waals surface area (Å²) in [6.45, 7) is 4.11. The van der Waals surface area contributed by atoms with Crippen molar-refractivity contribution in [2.75, 3.05) is 14.1 Å². The van der Waals surface area contributed by atoms with Crippen molar-refractivity contribution < 1.29 is 4.79 Å². The smallest absolute Gasteiger partial charge is 0.222 e. The number of aryl methyl sites for hydroxylation is 2. The molecule has 0 bridgehead atoms. The van der Waals surface area contributed by atoms with Crippen molar-refractivity contribution in [3.05, 3.63) is 23.0 Å². The second-order valence-electron chi connectivity index (χ2n) is 3.86. The summed E-state index contributed by atoms with van der Waals surface area (Å²) in [4.78, 5) is 16.2. The molecule has 14 heavy (non-hydrogen) atoms. The number of carbonyl (C=O) groups is 1. The zero-order valence-electron chi connectivity index (χ0n) is 9.35. The van der Waals surface area contributed by atoms with E-state index < -0.39 is 0 Å². The van der Waals surface area contributed by atoms with E-state index in [-0.39, 0.29) is 5.91 Å². The van der Waals surface area contributed by atoms with E-state index in [2.05, 4.69) is 11.9 Å². The normalized spacial score (nSPS) is 10.3. The van der Waals surface area contributed by atoms with Crippen LogP contribution in [0.15, 0.2) is 6.20 Å². The van der Waals surface area contributed by atoms with Crippen LogP contribution in [0.25, 0.3) is 0 Å². The number of nitrogens with zero attached hydrogens (tertiary/aromatic N) is 1. The largest absolute Gasteiger partial charge is 0.365 e. The van der Waals surface area contributed by atoms with Crippen LogP contribution in [-0.4, -0.2) is 29.9 Å². The molecule has 1 N–H and O–H groups in total. The van der Waals surface area contributed by atoms with Gasteiger partial charge in [0.05, 0.1) is 0 Å². The molecule has 0 unspecified atom stereocenters. The lowest BCUT2D eigenvalue weighted by atomic mass is 10.1. The Morgan fingerprint density at radius 2 is 2.07 bits per heavy atom. The Morgan fingerprint density at radius 1 is 1.43 bits per heavy atom. The van der Waals surface area contributed by atoms with Crippen LogP contribution in [0.3, 0.4) is 0 Å². The molecule has 0 atom stereocenters. The molecule has 0 radical (unpaired) electrons. The van der Waals surface area contributed by atoms with E-state index in [0.29, 0.717) is 6.42 Å². The minimum atomic E-state index is 0.185. The van der Waals surface area contributed by atoms with Crippen LogP contribution in [0.5, 0.6) is 0 Å².